The highest BCUT2D eigenvalue weighted by atomic mass is 16.5. The van der Waals surface area contributed by atoms with Gasteiger partial charge < -0.3 is 14.4 Å². The molecule has 0 saturated carbocycles. The molecule has 0 aliphatic carbocycles. The maximum absolute atomic E-state index is 11.8. The van der Waals surface area contributed by atoms with Crippen LogP contribution in [0, 0.1) is 0 Å². The topological polar surface area (TPSA) is 46.6 Å². The minimum absolute atomic E-state index is 0.00643. The number of benzene rings is 1. The molecule has 4 heteroatoms. The van der Waals surface area contributed by atoms with Crippen molar-refractivity contribution in [3.8, 4) is 5.75 Å². The Morgan fingerprint density at radius 1 is 1.32 bits per heavy atom. The van der Waals surface area contributed by atoms with Crippen molar-refractivity contribution >= 4 is 11.7 Å². The first kappa shape index (κ1) is 13.6. The van der Waals surface area contributed by atoms with Gasteiger partial charge in [-0.25, -0.2) is 0 Å². The Kier molecular flexibility index (Phi) is 4.20. The maximum Gasteiger partial charge on any atom is 0.223 e. The molecule has 0 aromatic heterocycles. The summed E-state index contributed by atoms with van der Waals surface area (Å²) in [5.74, 6) is 1.01. The molecule has 0 fully saturated rings. The normalized spacial score (nSPS) is 12.7. The van der Waals surface area contributed by atoms with E-state index in [1.54, 1.807) is 11.9 Å². The summed E-state index contributed by atoms with van der Waals surface area (Å²) in [5, 5.41) is 0. The fraction of sp³-hybridized carbons (Fsp3) is 0.467. The van der Waals surface area contributed by atoms with Crippen LogP contribution in [0.5, 0.6) is 5.75 Å². The molecule has 0 saturated heterocycles. The second-order valence-corrected chi connectivity index (χ2v) is 4.99. The molecule has 0 bridgehead atoms. The predicted octanol–water partition coefficient (Wildman–Crippen LogP) is 1.95. The van der Waals surface area contributed by atoms with E-state index in [4.69, 9.17) is 4.74 Å². The van der Waals surface area contributed by atoms with Crippen LogP contribution in [-0.2, 0) is 22.6 Å². The van der Waals surface area contributed by atoms with E-state index in [2.05, 4.69) is 6.07 Å². The Morgan fingerprint density at radius 3 is 2.84 bits per heavy atom. The van der Waals surface area contributed by atoms with Gasteiger partial charge in [0.15, 0.2) is 0 Å². The zero-order chi connectivity index (χ0) is 13.8. The fourth-order valence-electron chi connectivity index (χ4n) is 2.17. The number of carbonyl (C=O) groups excluding carboxylic acids is 2. The van der Waals surface area contributed by atoms with Crippen molar-refractivity contribution in [3.63, 3.8) is 0 Å². The van der Waals surface area contributed by atoms with Gasteiger partial charge in [0.1, 0.15) is 11.5 Å². The van der Waals surface area contributed by atoms with Crippen LogP contribution in [0.25, 0.3) is 0 Å². The Labute approximate surface area is 113 Å². The predicted molar refractivity (Wildman–Crippen MR) is 72.0 cm³/mol. The van der Waals surface area contributed by atoms with Crippen molar-refractivity contribution in [3.05, 3.63) is 29.3 Å². The maximum atomic E-state index is 11.8. The van der Waals surface area contributed by atoms with E-state index in [1.807, 2.05) is 12.1 Å². The number of nitrogens with zero attached hydrogens (tertiary/aromatic N) is 1. The van der Waals surface area contributed by atoms with E-state index in [1.165, 1.54) is 12.5 Å². The minimum atomic E-state index is 0.00643. The summed E-state index contributed by atoms with van der Waals surface area (Å²) >= 11 is 0. The number of ether oxygens (including phenoxy) is 1. The average molecular weight is 261 g/mol. The molecule has 0 spiro atoms. The van der Waals surface area contributed by atoms with Crippen molar-refractivity contribution < 1.29 is 14.3 Å². The highest BCUT2D eigenvalue weighted by Crippen LogP contribution is 2.26. The molecule has 1 amide bonds. The van der Waals surface area contributed by atoms with Gasteiger partial charge in [-0.15, -0.1) is 0 Å². The molecule has 1 aliphatic heterocycles. The van der Waals surface area contributed by atoms with E-state index >= 15 is 0 Å². The first-order chi connectivity index (χ1) is 9.06. The monoisotopic (exact) mass is 261 g/mol. The number of hydrogen-bond acceptors (Lipinski definition) is 3. The van der Waals surface area contributed by atoms with Crippen LogP contribution in [-0.4, -0.2) is 30.2 Å². The largest absolute Gasteiger partial charge is 0.493 e. The van der Waals surface area contributed by atoms with E-state index in [0.717, 1.165) is 24.3 Å². The second kappa shape index (κ2) is 5.87. The smallest absolute Gasteiger partial charge is 0.223 e. The number of Topliss-reactive ketones (excluding diaryl/α,β-unsaturated/α-hetero) is 1. The molecule has 1 aliphatic rings. The number of amides is 1. The fourth-order valence-corrected chi connectivity index (χ4v) is 2.17. The lowest BCUT2D eigenvalue weighted by Crippen LogP contribution is -2.26. The van der Waals surface area contributed by atoms with Gasteiger partial charge in [-0.2, -0.15) is 0 Å². The van der Waals surface area contributed by atoms with Gasteiger partial charge in [0.25, 0.3) is 0 Å². The van der Waals surface area contributed by atoms with Gasteiger partial charge in [0.2, 0.25) is 5.91 Å². The summed E-state index contributed by atoms with van der Waals surface area (Å²) in [7, 11) is 1.77. The van der Waals surface area contributed by atoms with Gasteiger partial charge in [0.05, 0.1) is 6.61 Å². The zero-order valence-corrected chi connectivity index (χ0v) is 11.4. The molecule has 102 valence electrons. The zero-order valence-electron chi connectivity index (χ0n) is 11.4. The van der Waals surface area contributed by atoms with Crippen molar-refractivity contribution in [2.24, 2.45) is 0 Å². The van der Waals surface area contributed by atoms with Crippen molar-refractivity contribution in [2.75, 3.05) is 13.7 Å². The molecular weight excluding hydrogens is 242 g/mol. The van der Waals surface area contributed by atoms with Gasteiger partial charge in [-0.05, 0) is 24.1 Å². The van der Waals surface area contributed by atoms with Crippen LogP contribution in [0.15, 0.2) is 18.2 Å². The number of hydrogen-bond donors (Lipinski definition) is 0. The van der Waals surface area contributed by atoms with Gasteiger partial charge >= 0.3 is 0 Å². The third kappa shape index (κ3) is 3.56. The summed E-state index contributed by atoms with van der Waals surface area (Å²) in [6.45, 7) is 2.82. The molecule has 0 N–H and O–H groups in total. The Bertz CT molecular complexity index is 496. The SMILES string of the molecule is CC(=O)CCC(=O)N(C)Cc1ccc2c(c1)CCO2. The first-order valence-electron chi connectivity index (χ1n) is 6.54. The van der Waals surface area contributed by atoms with Crippen LogP contribution in [0.3, 0.4) is 0 Å². The van der Waals surface area contributed by atoms with Gasteiger partial charge in [0, 0.05) is 32.9 Å². The number of carbonyl (C=O) groups is 2. The summed E-state index contributed by atoms with van der Waals surface area (Å²) in [6.07, 6.45) is 1.55. The highest BCUT2D eigenvalue weighted by Gasteiger charge is 2.14. The third-order valence-electron chi connectivity index (χ3n) is 3.29. The Hall–Kier alpha value is -1.84. The first-order valence-corrected chi connectivity index (χ1v) is 6.54. The molecule has 1 heterocycles. The number of rotatable bonds is 5. The lowest BCUT2D eigenvalue weighted by molar-refractivity contribution is -0.132. The number of ketones is 1. The quantitative estimate of drug-likeness (QED) is 0.814. The van der Waals surface area contributed by atoms with E-state index in [0.29, 0.717) is 19.4 Å². The summed E-state index contributed by atoms with van der Waals surface area (Å²) < 4.78 is 5.45. The minimum Gasteiger partial charge on any atom is -0.493 e. The molecule has 19 heavy (non-hydrogen) atoms. The standard InChI is InChI=1S/C15H19NO3/c1-11(17)3-6-15(18)16(2)10-12-4-5-14-13(9-12)7-8-19-14/h4-5,9H,3,6-8,10H2,1-2H3. The molecule has 0 unspecified atom stereocenters. The lowest BCUT2D eigenvalue weighted by atomic mass is 10.1. The van der Waals surface area contributed by atoms with Crippen molar-refractivity contribution in [2.45, 2.75) is 32.7 Å². The summed E-state index contributed by atoms with van der Waals surface area (Å²) in [5.41, 5.74) is 2.31. The van der Waals surface area contributed by atoms with Crippen LogP contribution < -0.4 is 4.74 Å². The summed E-state index contributed by atoms with van der Waals surface area (Å²) in [4.78, 5) is 24.4. The van der Waals surface area contributed by atoms with Gasteiger partial charge in [-0.3, -0.25) is 4.79 Å². The lowest BCUT2D eigenvalue weighted by Gasteiger charge is -2.17. The number of fused-ring (bicyclic) bond motifs is 1. The van der Waals surface area contributed by atoms with Crippen molar-refractivity contribution in [1.29, 1.82) is 0 Å². The van der Waals surface area contributed by atoms with Gasteiger partial charge in [-0.1, -0.05) is 12.1 Å². The average Bonchev–Trinajstić information content (AvgIpc) is 2.83. The van der Waals surface area contributed by atoms with Crippen LogP contribution in [0.1, 0.15) is 30.9 Å². The third-order valence-corrected chi connectivity index (χ3v) is 3.29. The van der Waals surface area contributed by atoms with Crippen LogP contribution in [0.2, 0.25) is 0 Å². The molecular formula is C15H19NO3. The van der Waals surface area contributed by atoms with E-state index in [-0.39, 0.29) is 11.7 Å². The Balaban J connectivity index is 1.93. The second-order valence-electron chi connectivity index (χ2n) is 4.99. The molecule has 0 atom stereocenters. The van der Waals surface area contributed by atoms with Crippen molar-refractivity contribution in [1.82, 2.24) is 4.90 Å². The molecule has 4 nitrogen and oxygen atoms in total. The summed E-state index contributed by atoms with van der Waals surface area (Å²) in [6, 6.07) is 6.04. The molecule has 1 aromatic carbocycles. The highest BCUT2D eigenvalue weighted by molar-refractivity contribution is 5.83. The van der Waals surface area contributed by atoms with Crippen LogP contribution in [0.4, 0.5) is 0 Å². The molecule has 2 rings (SSSR count). The van der Waals surface area contributed by atoms with E-state index < -0.39 is 0 Å². The molecule has 1 aromatic rings. The Morgan fingerprint density at radius 2 is 2.11 bits per heavy atom. The van der Waals surface area contributed by atoms with E-state index in [9.17, 15) is 9.59 Å². The molecule has 0 radical (unpaired) electrons. The van der Waals surface area contributed by atoms with Crippen LogP contribution >= 0.6 is 0 Å².